The monoisotopic (exact) mass is 473 g/mol. The van der Waals surface area contributed by atoms with E-state index in [9.17, 15) is 4.79 Å². The SMILES string of the molecule is COc1cccc(CN2CCN(c3ccnc4c3ccn4CC3=CCC(C(=O)NO)C=C3)CC2)c1. The van der Waals surface area contributed by atoms with Crippen LogP contribution in [0.4, 0.5) is 5.69 Å². The van der Waals surface area contributed by atoms with Gasteiger partial charge in [0.1, 0.15) is 11.4 Å². The van der Waals surface area contributed by atoms with E-state index >= 15 is 0 Å². The highest BCUT2D eigenvalue weighted by molar-refractivity contribution is 5.90. The zero-order chi connectivity index (χ0) is 24.2. The van der Waals surface area contributed by atoms with Crippen molar-refractivity contribution in [1.29, 1.82) is 0 Å². The second kappa shape index (κ2) is 10.3. The summed E-state index contributed by atoms with van der Waals surface area (Å²) in [6.45, 7) is 5.56. The van der Waals surface area contributed by atoms with Crippen LogP contribution in [0.15, 0.2) is 72.6 Å². The number of piperazine rings is 1. The third-order valence-electron chi connectivity index (χ3n) is 6.87. The van der Waals surface area contributed by atoms with Gasteiger partial charge in [-0.15, -0.1) is 0 Å². The Hall–Kier alpha value is -3.62. The van der Waals surface area contributed by atoms with Gasteiger partial charge < -0.3 is 14.2 Å². The molecule has 0 saturated carbocycles. The highest BCUT2D eigenvalue weighted by Gasteiger charge is 2.21. The lowest BCUT2D eigenvalue weighted by Gasteiger charge is -2.36. The van der Waals surface area contributed by atoms with Crippen molar-refractivity contribution in [3.63, 3.8) is 0 Å². The molecule has 8 nitrogen and oxygen atoms in total. The fourth-order valence-corrected chi connectivity index (χ4v) is 4.91. The summed E-state index contributed by atoms with van der Waals surface area (Å²) in [6.07, 6.45) is 10.4. The Morgan fingerprint density at radius 2 is 2.03 bits per heavy atom. The average Bonchev–Trinajstić information content (AvgIpc) is 3.32. The second-order valence-corrected chi connectivity index (χ2v) is 9.08. The highest BCUT2D eigenvalue weighted by Crippen LogP contribution is 2.29. The summed E-state index contributed by atoms with van der Waals surface area (Å²) in [4.78, 5) is 21.2. The van der Waals surface area contributed by atoms with Crippen LogP contribution in [0.2, 0.25) is 0 Å². The zero-order valence-corrected chi connectivity index (χ0v) is 19.9. The molecule has 2 aromatic heterocycles. The Balaban J connectivity index is 1.24. The molecule has 182 valence electrons. The van der Waals surface area contributed by atoms with E-state index in [2.05, 4.69) is 55.9 Å². The number of aromatic nitrogens is 2. The molecule has 1 fully saturated rings. The number of nitrogens with zero attached hydrogens (tertiary/aromatic N) is 4. The van der Waals surface area contributed by atoms with Crippen molar-refractivity contribution in [2.45, 2.75) is 19.5 Å². The number of hydroxylamine groups is 1. The summed E-state index contributed by atoms with van der Waals surface area (Å²) in [5, 5.41) is 9.99. The number of hydrogen-bond acceptors (Lipinski definition) is 6. The summed E-state index contributed by atoms with van der Waals surface area (Å²) >= 11 is 0. The number of anilines is 1. The molecular formula is C27H31N5O3. The van der Waals surface area contributed by atoms with E-state index in [1.54, 1.807) is 12.6 Å². The largest absolute Gasteiger partial charge is 0.497 e. The van der Waals surface area contributed by atoms with Crippen molar-refractivity contribution in [1.82, 2.24) is 19.9 Å². The minimum atomic E-state index is -0.377. The number of methoxy groups -OCH3 is 1. The van der Waals surface area contributed by atoms with Crippen LogP contribution in [-0.4, -0.2) is 58.9 Å². The molecule has 3 aromatic rings. The molecule has 1 saturated heterocycles. The fraction of sp³-hybridized carbons (Fsp3) is 0.333. The molecule has 5 rings (SSSR count). The number of rotatable bonds is 7. The van der Waals surface area contributed by atoms with Gasteiger partial charge >= 0.3 is 0 Å². The van der Waals surface area contributed by atoms with Gasteiger partial charge in [0.25, 0.3) is 5.91 Å². The number of pyridine rings is 1. The molecule has 1 aromatic carbocycles. The van der Waals surface area contributed by atoms with Gasteiger partial charge in [0.2, 0.25) is 0 Å². The van der Waals surface area contributed by atoms with E-state index in [1.165, 1.54) is 11.3 Å². The van der Waals surface area contributed by atoms with Gasteiger partial charge in [-0.2, -0.15) is 0 Å². The van der Waals surface area contributed by atoms with E-state index in [4.69, 9.17) is 9.94 Å². The minimum Gasteiger partial charge on any atom is -0.497 e. The number of benzene rings is 1. The van der Waals surface area contributed by atoms with Crippen molar-refractivity contribution >= 4 is 22.6 Å². The van der Waals surface area contributed by atoms with Crippen LogP contribution >= 0.6 is 0 Å². The smallest absolute Gasteiger partial charge is 0.250 e. The summed E-state index contributed by atoms with van der Waals surface area (Å²) < 4.78 is 7.51. The summed E-state index contributed by atoms with van der Waals surface area (Å²) in [6, 6.07) is 12.6. The third-order valence-corrected chi connectivity index (χ3v) is 6.87. The summed E-state index contributed by atoms with van der Waals surface area (Å²) in [5.74, 6) is 0.204. The highest BCUT2D eigenvalue weighted by atomic mass is 16.5. The molecule has 0 radical (unpaired) electrons. The van der Waals surface area contributed by atoms with Crippen LogP contribution in [0.3, 0.4) is 0 Å². The van der Waals surface area contributed by atoms with Gasteiger partial charge in [0.05, 0.1) is 13.0 Å². The van der Waals surface area contributed by atoms with E-state index in [1.807, 2.05) is 30.5 Å². The maximum absolute atomic E-state index is 11.6. The molecule has 1 amide bonds. The first kappa shape index (κ1) is 23.1. The topological polar surface area (TPSA) is 82.9 Å². The maximum Gasteiger partial charge on any atom is 0.250 e. The van der Waals surface area contributed by atoms with Gasteiger partial charge in [-0.25, -0.2) is 10.5 Å². The maximum atomic E-state index is 11.6. The lowest BCUT2D eigenvalue weighted by atomic mass is 9.96. The van der Waals surface area contributed by atoms with Gasteiger partial charge in [0, 0.05) is 62.7 Å². The second-order valence-electron chi connectivity index (χ2n) is 9.08. The fourth-order valence-electron chi connectivity index (χ4n) is 4.91. The summed E-state index contributed by atoms with van der Waals surface area (Å²) in [5.41, 5.74) is 6.32. The van der Waals surface area contributed by atoms with E-state index in [0.717, 1.165) is 55.1 Å². The van der Waals surface area contributed by atoms with E-state index in [0.29, 0.717) is 13.0 Å². The molecule has 1 aliphatic carbocycles. The lowest BCUT2D eigenvalue weighted by Crippen LogP contribution is -2.46. The Morgan fingerprint density at radius 3 is 2.77 bits per heavy atom. The van der Waals surface area contributed by atoms with Crippen molar-refractivity contribution in [3.8, 4) is 5.75 Å². The van der Waals surface area contributed by atoms with Crippen molar-refractivity contribution in [2.75, 3.05) is 38.2 Å². The first-order valence-corrected chi connectivity index (χ1v) is 12.0. The summed E-state index contributed by atoms with van der Waals surface area (Å²) in [7, 11) is 1.71. The van der Waals surface area contributed by atoms with Gasteiger partial charge in [-0.1, -0.05) is 30.4 Å². The van der Waals surface area contributed by atoms with Gasteiger partial charge in [-0.3, -0.25) is 14.9 Å². The standard InChI is InChI=1S/C27H31N5O3/c1-35-23-4-2-3-21(17-23)18-30-13-15-31(16-14-30)25-9-11-28-26-24(25)10-12-32(26)19-20-5-7-22(8-6-20)27(33)29-34/h2-7,9-12,17,22,34H,8,13-16,18-19H2,1H3,(H,29,33). The van der Waals surface area contributed by atoms with Crippen molar-refractivity contribution in [2.24, 2.45) is 5.92 Å². The Labute approximate surface area is 205 Å². The number of carbonyl (C=O) groups excluding carboxylic acids is 1. The van der Waals surface area contributed by atoms with Crippen LogP contribution < -0.4 is 15.1 Å². The van der Waals surface area contributed by atoms with Gasteiger partial charge in [0.15, 0.2) is 0 Å². The van der Waals surface area contributed by atoms with Crippen LogP contribution in [0.5, 0.6) is 5.75 Å². The van der Waals surface area contributed by atoms with Crippen molar-refractivity contribution < 1.29 is 14.7 Å². The molecule has 1 atom stereocenters. The first-order chi connectivity index (χ1) is 17.1. The van der Waals surface area contributed by atoms with Crippen molar-refractivity contribution in [3.05, 3.63) is 78.2 Å². The predicted molar refractivity (Wildman–Crippen MR) is 135 cm³/mol. The Kier molecular flexibility index (Phi) is 6.83. The first-order valence-electron chi connectivity index (χ1n) is 12.0. The Bertz CT molecular complexity index is 1260. The van der Waals surface area contributed by atoms with E-state index < -0.39 is 0 Å². The quantitative estimate of drug-likeness (QED) is 0.404. The van der Waals surface area contributed by atoms with Crippen LogP contribution in [0.25, 0.3) is 11.0 Å². The number of ether oxygens (including phenoxy) is 1. The number of carbonyl (C=O) groups is 1. The van der Waals surface area contributed by atoms with E-state index in [-0.39, 0.29) is 11.8 Å². The lowest BCUT2D eigenvalue weighted by molar-refractivity contribution is -0.131. The molecule has 0 spiro atoms. The Morgan fingerprint density at radius 1 is 1.17 bits per heavy atom. The molecule has 3 heterocycles. The average molecular weight is 474 g/mol. The molecular weight excluding hydrogens is 442 g/mol. The normalized spacial score (nSPS) is 18.5. The van der Waals surface area contributed by atoms with Crippen LogP contribution in [0, 0.1) is 5.92 Å². The number of allylic oxidation sites excluding steroid dienone is 3. The number of fused-ring (bicyclic) bond motifs is 1. The minimum absolute atomic E-state index is 0.322. The number of amides is 1. The molecule has 1 unspecified atom stereocenters. The molecule has 2 aliphatic rings. The molecule has 1 aliphatic heterocycles. The molecule has 8 heteroatoms. The van der Waals surface area contributed by atoms with Crippen LogP contribution in [-0.2, 0) is 17.9 Å². The molecule has 2 N–H and O–H groups in total. The number of hydrogen-bond donors (Lipinski definition) is 2. The molecule has 35 heavy (non-hydrogen) atoms. The zero-order valence-electron chi connectivity index (χ0n) is 19.9. The van der Waals surface area contributed by atoms with Crippen LogP contribution in [0.1, 0.15) is 12.0 Å². The third kappa shape index (κ3) is 5.08. The molecule has 0 bridgehead atoms. The van der Waals surface area contributed by atoms with Gasteiger partial charge in [-0.05, 0) is 41.8 Å². The predicted octanol–water partition coefficient (Wildman–Crippen LogP) is 3.38. The number of nitrogens with one attached hydrogen (secondary N) is 1.